The lowest BCUT2D eigenvalue weighted by atomic mass is 10.1. The molecule has 35 heavy (non-hydrogen) atoms. The molecule has 1 aromatic heterocycles. The highest BCUT2D eigenvalue weighted by Gasteiger charge is 2.33. The van der Waals surface area contributed by atoms with Crippen LogP contribution in [0.25, 0.3) is 10.8 Å². The van der Waals surface area contributed by atoms with Crippen molar-refractivity contribution in [2.75, 3.05) is 11.9 Å². The molecule has 4 aromatic rings. The number of ether oxygens (including phenoxy) is 1. The van der Waals surface area contributed by atoms with Crippen molar-refractivity contribution in [1.82, 2.24) is 9.78 Å². The molecule has 0 bridgehead atoms. The highest BCUT2D eigenvalue weighted by molar-refractivity contribution is 6.03. The van der Waals surface area contributed by atoms with Crippen LogP contribution < -0.4 is 10.9 Å². The van der Waals surface area contributed by atoms with E-state index in [2.05, 4.69) is 10.4 Å². The zero-order valence-electron chi connectivity index (χ0n) is 18.1. The minimum absolute atomic E-state index is 0.0967. The monoisotopic (exact) mass is 481 g/mol. The first-order valence-electron chi connectivity index (χ1n) is 10.4. The maximum Gasteiger partial charge on any atom is 0.418 e. The molecule has 0 atom stereocenters. The molecular formula is C25H18F3N3O4. The molecule has 0 spiro atoms. The smallest absolute Gasteiger partial charge is 0.418 e. The standard InChI is InChI=1S/C25H18F3N3O4/c26-25(27,28)19-12-6-7-13-20(19)29-21(32)15-35-24(34)22-17-10-4-5-11-18(17)23(33)31(30-22)14-16-8-2-1-3-9-16/h1-13H,14-15H2,(H,29,32). The number of anilines is 1. The summed E-state index contributed by atoms with van der Waals surface area (Å²) in [7, 11) is 0. The molecule has 1 amide bonds. The van der Waals surface area contributed by atoms with Crippen molar-refractivity contribution in [3.05, 3.63) is 106 Å². The number of carbonyl (C=O) groups is 2. The number of hydrogen-bond acceptors (Lipinski definition) is 5. The lowest BCUT2D eigenvalue weighted by Gasteiger charge is -2.14. The number of fused-ring (bicyclic) bond motifs is 1. The van der Waals surface area contributed by atoms with Crippen LogP contribution in [0.1, 0.15) is 21.6 Å². The topological polar surface area (TPSA) is 90.3 Å². The maximum absolute atomic E-state index is 13.1. The number of carbonyl (C=O) groups excluding carboxylic acids is 2. The van der Waals surface area contributed by atoms with Crippen LogP contribution in [0.3, 0.4) is 0 Å². The van der Waals surface area contributed by atoms with Gasteiger partial charge in [0.25, 0.3) is 11.5 Å². The highest BCUT2D eigenvalue weighted by atomic mass is 19.4. The third-order valence-electron chi connectivity index (χ3n) is 5.08. The molecule has 0 aliphatic carbocycles. The van der Waals surface area contributed by atoms with E-state index in [1.165, 1.54) is 18.2 Å². The van der Waals surface area contributed by atoms with Crippen molar-refractivity contribution in [3.8, 4) is 0 Å². The first-order chi connectivity index (χ1) is 16.7. The van der Waals surface area contributed by atoms with Gasteiger partial charge in [0, 0.05) is 5.39 Å². The average Bonchev–Trinajstić information content (AvgIpc) is 2.84. The fraction of sp³-hybridized carbons (Fsp3) is 0.120. The first kappa shape index (κ1) is 23.7. The number of esters is 1. The van der Waals surface area contributed by atoms with E-state index in [1.807, 2.05) is 6.07 Å². The summed E-state index contributed by atoms with van der Waals surface area (Å²) in [5, 5.41) is 6.72. The maximum atomic E-state index is 13.1. The Balaban J connectivity index is 1.56. The number of aromatic nitrogens is 2. The largest absolute Gasteiger partial charge is 0.451 e. The Morgan fingerprint density at radius 3 is 2.23 bits per heavy atom. The summed E-state index contributed by atoms with van der Waals surface area (Å²) >= 11 is 0. The Labute approximate surface area is 196 Å². The van der Waals surface area contributed by atoms with Gasteiger partial charge in [-0.25, -0.2) is 9.48 Å². The Hall–Kier alpha value is -4.47. The number of nitrogens with one attached hydrogen (secondary N) is 1. The highest BCUT2D eigenvalue weighted by Crippen LogP contribution is 2.34. The summed E-state index contributed by atoms with van der Waals surface area (Å²) in [5.41, 5.74) is -1.32. The molecule has 1 N–H and O–H groups in total. The molecule has 1 heterocycles. The van der Waals surface area contributed by atoms with Crippen LogP contribution in [0, 0.1) is 0 Å². The molecule has 7 nitrogen and oxygen atoms in total. The first-order valence-corrected chi connectivity index (χ1v) is 10.4. The zero-order valence-corrected chi connectivity index (χ0v) is 18.1. The summed E-state index contributed by atoms with van der Waals surface area (Å²) in [6.45, 7) is -0.752. The minimum Gasteiger partial charge on any atom is -0.451 e. The van der Waals surface area contributed by atoms with E-state index in [9.17, 15) is 27.6 Å². The van der Waals surface area contributed by atoms with Crippen molar-refractivity contribution in [2.24, 2.45) is 0 Å². The van der Waals surface area contributed by atoms with Gasteiger partial charge in [-0.1, -0.05) is 60.7 Å². The number of rotatable bonds is 6. The van der Waals surface area contributed by atoms with Crippen LogP contribution in [0.2, 0.25) is 0 Å². The molecule has 0 saturated heterocycles. The van der Waals surface area contributed by atoms with E-state index in [1.54, 1.807) is 42.5 Å². The summed E-state index contributed by atoms with van der Waals surface area (Å²) in [6.07, 6.45) is -4.67. The Morgan fingerprint density at radius 2 is 1.51 bits per heavy atom. The third kappa shape index (κ3) is 5.37. The number of nitrogens with zero attached hydrogens (tertiary/aromatic N) is 2. The fourth-order valence-electron chi connectivity index (χ4n) is 3.47. The number of para-hydroxylation sites is 1. The third-order valence-corrected chi connectivity index (χ3v) is 5.08. The van der Waals surface area contributed by atoms with Gasteiger partial charge in [0.2, 0.25) is 0 Å². The van der Waals surface area contributed by atoms with Crippen molar-refractivity contribution in [2.45, 2.75) is 12.7 Å². The molecule has 10 heteroatoms. The van der Waals surface area contributed by atoms with E-state index in [0.29, 0.717) is 0 Å². The lowest BCUT2D eigenvalue weighted by Crippen LogP contribution is -2.28. The van der Waals surface area contributed by atoms with Gasteiger partial charge < -0.3 is 10.1 Å². The molecule has 178 valence electrons. The van der Waals surface area contributed by atoms with Crippen LogP contribution in [0.15, 0.2) is 83.7 Å². The van der Waals surface area contributed by atoms with E-state index in [-0.39, 0.29) is 23.0 Å². The van der Waals surface area contributed by atoms with E-state index < -0.39 is 41.5 Å². The normalized spacial score (nSPS) is 11.3. The molecule has 0 saturated carbocycles. The number of alkyl halides is 3. The Kier molecular flexibility index (Phi) is 6.63. The molecule has 0 radical (unpaired) electrons. The Bertz CT molecular complexity index is 1450. The molecule has 0 aliphatic rings. The molecule has 0 unspecified atom stereocenters. The van der Waals surface area contributed by atoms with Gasteiger partial charge in [0.05, 0.1) is 23.2 Å². The summed E-state index contributed by atoms with van der Waals surface area (Å²) < 4.78 is 45.6. The fourth-order valence-corrected chi connectivity index (χ4v) is 3.47. The molecule has 0 fully saturated rings. The van der Waals surface area contributed by atoms with Gasteiger partial charge >= 0.3 is 12.1 Å². The van der Waals surface area contributed by atoms with Gasteiger partial charge in [0.15, 0.2) is 12.3 Å². The van der Waals surface area contributed by atoms with E-state index in [0.717, 1.165) is 22.4 Å². The zero-order chi connectivity index (χ0) is 25.0. The predicted octanol–water partition coefficient (Wildman–Crippen LogP) is 4.26. The SMILES string of the molecule is O=C(COC(=O)c1nn(Cc2ccccc2)c(=O)c2ccccc12)Nc1ccccc1C(F)(F)F. The quantitative estimate of drug-likeness (QED) is 0.416. The number of halogens is 3. The molecular weight excluding hydrogens is 463 g/mol. The number of amides is 1. The second-order valence-corrected chi connectivity index (χ2v) is 7.51. The van der Waals surface area contributed by atoms with Gasteiger partial charge in [-0.2, -0.15) is 18.3 Å². The number of benzene rings is 3. The Morgan fingerprint density at radius 1 is 0.886 bits per heavy atom. The van der Waals surface area contributed by atoms with Crippen LogP contribution in [-0.4, -0.2) is 28.3 Å². The lowest BCUT2D eigenvalue weighted by molar-refractivity contribution is -0.137. The van der Waals surface area contributed by atoms with Crippen LogP contribution >= 0.6 is 0 Å². The van der Waals surface area contributed by atoms with Crippen molar-refractivity contribution >= 4 is 28.3 Å². The number of hydrogen-bond donors (Lipinski definition) is 1. The van der Waals surface area contributed by atoms with E-state index >= 15 is 0 Å². The second kappa shape index (κ2) is 9.80. The van der Waals surface area contributed by atoms with Crippen LogP contribution in [0.4, 0.5) is 18.9 Å². The molecule has 3 aromatic carbocycles. The summed E-state index contributed by atoms with van der Waals surface area (Å²) in [6, 6.07) is 19.8. The van der Waals surface area contributed by atoms with Crippen LogP contribution in [0.5, 0.6) is 0 Å². The predicted molar refractivity (Wildman–Crippen MR) is 122 cm³/mol. The van der Waals surface area contributed by atoms with Gasteiger partial charge in [-0.05, 0) is 23.8 Å². The van der Waals surface area contributed by atoms with Crippen molar-refractivity contribution in [3.63, 3.8) is 0 Å². The summed E-state index contributed by atoms with van der Waals surface area (Å²) in [5.74, 6) is -1.96. The van der Waals surface area contributed by atoms with Gasteiger partial charge in [0.1, 0.15) is 0 Å². The minimum atomic E-state index is -4.67. The summed E-state index contributed by atoms with van der Waals surface area (Å²) in [4.78, 5) is 37.9. The van der Waals surface area contributed by atoms with Gasteiger partial charge in [-0.3, -0.25) is 9.59 Å². The molecule has 0 aliphatic heterocycles. The van der Waals surface area contributed by atoms with Crippen molar-refractivity contribution in [1.29, 1.82) is 0 Å². The second-order valence-electron chi connectivity index (χ2n) is 7.51. The average molecular weight is 481 g/mol. The van der Waals surface area contributed by atoms with Crippen molar-refractivity contribution < 1.29 is 27.5 Å². The molecule has 4 rings (SSSR count). The van der Waals surface area contributed by atoms with Gasteiger partial charge in [-0.15, -0.1) is 0 Å². The van der Waals surface area contributed by atoms with Crippen LogP contribution in [-0.2, 0) is 22.3 Å². The van der Waals surface area contributed by atoms with E-state index in [4.69, 9.17) is 4.74 Å².